The van der Waals surface area contributed by atoms with Gasteiger partial charge in [-0.2, -0.15) is 0 Å². The molecule has 0 aliphatic rings. The first kappa shape index (κ1) is 6.30. The highest BCUT2D eigenvalue weighted by molar-refractivity contribution is 5.78. The Bertz CT molecular complexity index is 82.2. The first-order chi connectivity index (χ1) is 2.94. The fourth-order valence-corrected chi connectivity index (χ4v) is 0. The zero-order chi connectivity index (χ0) is 6.08. The van der Waals surface area contributed by atoms with E-state index in [1.54, 1.807) is 0 Å². The van der Waals surface area contributed by atoms with Crippen molar-refractivity contribution in [2.75, 3.05) is 0 Å². The van der Waals surface area contributed by atoms with Crippen LogP contribution in [0.1, 0.15) is 0 Å². The minimum Gasteiger partial charge on any atom is -0.544 e. The molecule has 0 spiro atoms. The van der Waals surface area contributed by atoms with Crippen LogP contribution in [0.3, 0.4) is 0 Å². The van der Waals surface area contributed by atoms with Crippen molar-refractivity contribution < 1.29 is 9.90 Å². The van der Waals surface area contributed by atoms with Crippen LogP contribution in [-0.4, -0.2) is 11.5 Å². The molecule has 0 aliphatic heterocycles. The van der Waals surface area contributed by atoms with Crippen LogP contribution in [0, 0.1) is 13.8 Å². The molecule has 0 heterocycles. The Labute approximate surface area is 42.1 Å². The monoisotopic (exact) mass is 100 g/mol. The van der Waals surface area contributed by atoms with Gasteiger partial charge in [-0.25, -0.2) is 0 Å². The van der Waals surface area contributed by atoms with Gasteiger partial charge in [0.15, 0.2) is 5.54 Å². The van der Waals surface area contributed by atoms with E-state index >= 15 is 0 Å². The van der Waals surface area contributed by atoms with Gasteiger partial charge in [0.1, 0.15) is 5.97 Å². The van der Waals surface area contributed by atoms with Gasteiger partial charge in [-0.3, -0.25) is 5.73 Å². The first-order valence-corrected chi connectivity index (χ1v) is 1.65. The Kier molecular flexibility index (Phi) is 1.28. The number of carbonyl (C=O) groups is 1. The van der Waals surface area contributed by atoms with E-state index in [2.05, 4.69) is 13.8 Å². The summed E-state index contributed by atoms with van der Waals surface area (Å²) in [7, 11) is 0. The van der Waals surface area contributed by atoms with Crippen LogP contribution >= 0.6 is 0 Å². The van der Waals surface area contributed by atoms with Gasteiger partial charge >= 0.3 is 0 Å². The largest absolute Gasteiger partial charge is 0.544 e. The van der Waals surface area contributed by atoms with E-state index in [1.165, 1.54) is 0 Å². The Morgan fingerprint density at radius 3 is 2.14 bits per heavy atom. The Morgan fingerprint density at radius 1 is 2.00 bits per heavy atom. The molecule has 0 saturated carbocycles. The van der Waals surface area contributed by atoms with Gasteiger partial charge in [0, 0.05) is 6.92 Å². The summed E-state index contributed by atoms with van der Waals surface area (Å²) in [5, 5.41) is 9.66. The quantitative estimate of drug-likeness (QED) is 0.391. The van der Waals surface area contributed by atoms with Crippen molar-refractivity contribution in [3.63, 3.8) is 0 Å². The average molecular weight is 100 g/mol. The van der Waals surface area contributed by atoms with E-state index in [-0.39, 0.29) is 0 Å². The molecule has 0 aromatic heterocycles. The van der Waals surface area contributed by atoms with E-state index in [0.29, 0.717) is 0 Å². The van der Waals surface area contributed by atoms with Gasteiger partial charge < -0.3 is 9.90 Å². The lowest BCUT2D eigenvalue weighted by atomic mass is 10.1. The lowest BCUT2D eigenvalue weighted by Crippen LogP contribution is -2.51. The minimum absolute atomic E-state index is 1.45. The van der Waals surface area contributed by atoms with Crippen LogP contribution in [-0.2, 0) is 4.79 Å². The van der Waals surface area contributed by atoms with Gasteiger partial charge in [0.25, 0.3) is 0 Å². The van der Waals surface area contributed by atoms with Crippen LogP contribution < -0.4 is 10.8 Å². The molecule has 39 valence electrons. The summed E-state index contributed by atoms with van der Waals surface area (Å²) in [6.45, 7) is 5.95. The number of nitrogens with two attached hydrogens (primary N) is 1. The second-order valence-corrected chi connectivity index (χ2v) is 1.44. The molecular weight excluding hydrogens is 94.0 g/mol. The van der Waals surface area contributed by atoms with Crippen LogP contribution in [0.25, 0.3) is 0 Å². The molecule has 0 amide bonds. The molecule has 0 aromatic rings. The van der Waals surface area contributed by atoms with Gasteiger partial charge in [0.05, 0.1) is 6.92 Å². The molecule has 0 aromatic carbocycles. The summed E-state index contributed by atoms with van der Waals surface area (Å²) in [5.74, 6) is -1.45. The zero-order valence-electron chi connectivity index (χ0n) is 3.81. The number of hydrogen-bond acceptors (Lipinski definition) is 3. The maximum Gasteiger partial charge on any atom is 0.194 e. The summed E-state index contributed by atoms with van der Waals surface area (Å²) >= 11 is 0. The van der Waals surface area contributed by atoms with Gasteiger partial charge in [-0.15, -0.1) is 0 Å². The van der Waals surface area contributed by atoms with Crippen molar-refractivity contribution in [2.24, 2.45) is 5.73 Å². The molecule has 2 N–H and O–H groups in total. The first-order valence-electron chi connectivity index (χ1n) is 1.65. The van der Waals surface area contributed by atoms with Crippen molar-refractivity contribution in [3.05, 3.63) is 13.8 Å². The number of carboxylic acids is 1. The maximum absolute atomic E-state index is 9.66. The number of hydrogen-bond donors (Lipinski definition) is 1. The summed E-state index contributed by atoms with van der Waals surface area (Å²) < 4.78 is 0. The maximum atomic E-state index is 9.66. The summed E-state index contributed by atoms with van der Waals surface area (Å²) in [4.78, 5) is 9.66. The predicted molar refractivity (Wildman–Crippen MR) is 22.6 cm³/mol. The van der Waals surface area contributed by atoms with E-state index in [9.17, 15) is 9.90 Å². The molecule has 0 rings (SSSR count). The van der Waals surface area contributed by atoms with Crippen molar-refractivity contribution in [1.82, 2.24) is 0 Å². The Morgan fingerprint density at radius 2 is 2.14 bits per heavy atom. The van der Waals surface area contributed by atoms with E-state index in [1.807, 2.05) is 0 Å². The molecule has 0 aliphatic carbocycles. The molecule has 3 heteroatoms. The molecule has 0 unspecified atom stereocenters. The zero-order valence-corrected chi connectivity index (χ0v) is 3.81. The van der Waals surface area contributed by atoms with Crippen LogP contribution in [0.2, 0.25) is 0 Å². The van der Waals surface area contributed by atoms with Gasteiger partial charge in [-0.1, -0.05) is 0 Å². The molecule has 0 bridgehead atoms. The van der Waals surface area contributed by atoms with Crippen LogP contribution in [0.4, 0.5) is 0 Å². The molecular formula is C4H6NO2. The molecule has 0 saturated heterocycles. The normalized spacial score (nSPS) is 18.0. The highest BCUT2D eigenvalue weighted by Crippen LogP contribution is 1.88. The smallest absolute Gasteiger partial charge is 0.194 e. The third-order valence-corrected chi connectivity index (χ3v) is 0.407. The average Bonchev–Trinajstić information content (AvgIpc) is 1.31. The van der Waals surface area contributed by atoms with Crippen molar-refractivity contribution in [1.29, 1.82) is 0 Å². The SMILES string of the molecule is [CH2]C([CH2+])(N)C(=O)[O-]. The number of carbonyl (C=O) groups excluding carboxylic acids is 1. The summed E-state index contributed by atoms with van der Waals surface area (Å²) in [6.07, 6.45) is 0. The van der Waals surface area contributed by atoms with Crippen LogP contribution in [0.15, 0.2) is 0 Å². The summed E-state index contributed by atoms with van der Waals surface area (Å²) in [5.41, 5.74) is 3.10. The van der Waals surface area contributed by atoms with E-state index < -0.39 is 11.5 Å². The standard InChI is InChI=1S/C4H6NO2/c1-4(2,5)3(6)7/h1-2,5H2. The molecule has 0 atom stereocenters. The summed E-state index contributed by atoms with van der Waals surface area (Å²) in [6, 6.07) is 0. The lowest BCUT2D eigenvalue weighted by molar-refractivity contribution is -0.309. The molecule has 1 radical (unpaired) electrons. The van der Waals surface area contributed by atoms with E-state index in [0.717, 1.165) is 0 Å². The molecule has 3 nitrogen and oxygen atoms in total. The number of aliphatic carboxylic acids is 1. The Hall–Kier alpha value is -0.700. The lowest BCUT2D eigenvalue weighted by Gasteiger charge is -2.10. The van der Waals surface area contributed by atoms with Gasteiger partial charge in [0.2, 0.25) is 0 Å². The van der Waals surface area contributed by atoms with Crippen molar-refractivity contribution in [2.45, 2.75) is 5.54 Å². The van der Waals surface area contributed by atoms with E-state index in [4.69, 9.17) is 5.73 Å². The second-order valence-electron chi connectivity index (χ2n) is 1.44. The number of rotatable bonds is 1. The molecule has 0 fully saturated rings. The third kappa shape index (κ3) is 2.05. The molecule has 7 heavy (non-hydrogen) atoms. The highest BCUT2D eigenvalue weighted by Gasteiger charge is 2.19. The fourth-order valence-electron chi connectivity index (χ4n) is 0. The minimum atomic E-state index is -1.69. The number of carboxylic acid groups (broad SMARTS) is 1. The topological polar surface area (TPSA) is 66.2 Å². The fraction of sp³-hybridized carbons (Fsp3) is 0.250. The van der Waals surface area contributed by atoms with Crippen LogP contribution in [0.5, 0.6) is 0 Å². The van der Waals surface area contributed by atoms with Crippen molar-refractivity contribution >= 4 is 5.97 Å². The van der Waals surface area contributed by atoms with Gasteiger partial charge in [-0.05, 0) is 0 Å². The third-order valence-electron chi connectivity index (χ3n) is 0.407. The van der Waals surface area contributed by atoms with Crippen molar-refractivity contribution in [3.8, 4) is 0 Å². The highest BCUT2D eigenvalue weighted by atomic mass is 16.4. The Balaban J connectivity index is 3.79. The predicted octanol–water partition coefficient (Wildman–Crippen LogP) is -1.90. The second kappa shape index (κ2) is 1.42.